The summed E-state index contributed by atoms with van der Waals surface area (Å²) >= 11 is 0. The van der Waals surface area contributed by atoms with E-state index in [0.717, 1.165) is 11.3 Å². The Bertz CT molecular complexity index is 766. The van der Waals surface area contributed by atoms with Gasteiger partial charge in [0.1, 0.15) is 12.1 Å². The molecule has 1 amide bonds. The van der Waals surface area contributed by atoms with Gasteiger partial charge >= 0.3 is 0 Å². The summed E-state index contributed by atoms with van der Waals surface area (Å²) in [6, 6.07) is 13.0. The summed E-state index contributed by atoms with van der Waals surface area (Å²) in [5.41, 5.74) is 7.21. The Morgan fingerprint density at radius 1 is 1.14 bits per heavy atom. The summed E-state index contributed by atoms with van der Waals surface area (Å²) in [6.07, 6.45) is 3.13. The Morgan fingerprint density at radius 3 is 2.68 bits per heavy atom. The third-order valence-electron chi connectivity index (χ3n) is 3.02. The van der Waals surface area contributed by atoms with E-state index in [1.54, 1.807) is 23.0 Å². The predicted octanol–water partition coefficient (Wildman–Crippen LogP) is 1.17. The molecule has 22 heavy (non-hydrogen) atoms. The summed E-state index contributed by atoms with van der Waals surface area (Å²) in [4.78, 5) is 20.0. The molecule has 0 atom stereocenters. The van der Waals surface area contributed by atoms with E-state index in [9.17, 15) is 4.79 Å². The highest BCUT2D eigenvalue weighted by Gasteiger charge is 2.11. The molecule has 0 radical (unpaired) electrons. The smallest absolute Gasteiger partial charge is 0.291 e. The fourth-order valence-electron chi connectivity index (χ4n) is 1.87. The minimum absolute atomic E-state index is 0.118. The van der Waals surface area contributed by atoms with Gasteiger partial charge in [0.25, 0.3) is 5.91 Å². The maximum absolute atomic E-state index is 12.0. The van der Waals surface area contributed by atoms with Crippen LogP contribution in [0.1, 0.15) is 16.2 Å². The van der Waals surface area contributed by atoms with E-state index in [4.69, 9.17) is 5.73 Å². The zero-order valence-corrected chi connectivity index (χ0v) is 11.7. The van der Waals surface area contributed by atoms with Crippen molar-refractivity contribution in [3.05, 3.63) is 66.4 Å². The maximum Gasteiger partial charge on any atom is 0.291 e. The number of nitrogens with two attached hydrogens (primary N) is 1. The van der Waals surface area contributed by atoms with Gasteiger partial charge in [-0.1, -0.05) is 24.3 Å². The van der Waals surface area contributed by atoms with Crippen LogP contribution in [0, 0.1) is 0 Å². The van der Waals surface area contributed by atoms with Crippen LogP contribution in [-0.4, -0.2) is 25.7 Å². The van der Waals surface area contributed by atoms with E-state index in [0.29, 0.717) is 12.4 Å². The molecule has 0 aliphatic heterocycles. The summed E-state index contributed by atoms with van der Waals surface area (Å²) in [5, 5.41) is 6.91. The van der Waals surface area contributed by atoms with E-state index in [-0.39, 0.29) is 11.7 Å². The van der Waals surface area contributed by atoms with Crippen LogP contribution in [0.15, 0.2) is 55.0 Å². The highest BCUT2D eigenvalue weighted by molar-refractivity contribution is 5.90. The van der Waals surface area contributed by atoms with Crippen molar-refractivity contribution in [2.45, 2.75) is 6.54 Å². The maximum atomic E-state index is 12.0. The van der Waals surface area contributed by atoms with Crippen molar-refractivity contribution >= 4 is 11.7 Å². The zero-order valence-electron chi connectivity index (χ0n) is 11.7. The van der Waals surface area contributed by atoms with Gasteiger partial charge in [0, 0.05) is 12.7 Å². The van der Waals surface area contributed by atoms with Gasteiger partial charge in [-0.2, -0.15) is 0 Å². The third-order valence-corrected chi connectivity index (χ3v) is 3.02. The van der Waals surface area contributed by atoms with Gasteiger partial charge in [0.05, 0.1) is 5.69 Å². The summed E-state index contributed by atoms with van der Waals surface area (Å²) in [6.45, 7) is 0.339. The van der Waals surface area contributed by atoms with Gasteiger partial charge in [-0.15, -0.1) is 5.10 Å². The Kier molecular flexibility index (Phi) is 3.78. The molecule has 2 heterocycles. The second kappa shape index (κ2) is 6.04. The number of aromatic nitrogens is 4. The quantitative estimate of drug-likeness (QED) is 0.752. The summed E-state index contributed by atoms with van der Waals surface area (Å²) in [7, 11) is 0. The standard InChI is InChI=1S/C15H14N6O/c16-13-7-6-11(8-17-13)9-18-15(22)14-19-10-21(20-14)12-4-2-1-3-5-12/h1-8,10H,9H2,(H2,16,17)(H,18,22). The van der Waals surface area contributed by atoms with Gasteiger partial charge in [-0.25, -0.2) is 14.6 Å². The van der Waals surface area contributed by atoms with Crippen LogP contribution in [0.25, 0.3) is 5.69 Å². The van der Waals surface area contributed by atoms with E-state index < -0.39 is 0 Å². The Balaban J connectivity index is 1.66. The molecule has 0 saturated heterocycles. The average Bonchev–Trinajstić information content (AvgIpc) is 3.05. The lowest BCUT2D eigenvalue weighted by atomic mass is 10.3. The highest BCUT2D eigenvalue weighted by atomic mass is 16.2. The predicted molar refractivity (Wildman–Crippen MR) is 81.2 cm³/mol. The first-order valence-electron chi connectivity index (χ1n) is 6.68. The topological polar surface area (TPSA) is 98.7 Å². The van der Waals surface area contributed by atoms with Crippen LogP contribution in [0.2, 0.25) is 0 Å². The first-order chi connectivity index (χ1) is 10.7. The van der Waals surface area contributed by atoms with E-state index in [1.807, 2.05) is 30.3 Å². The largest absolute Gasteiger partial charge is 0.384 e. The second-order valence-corrected chi connectivity index (χ2v) is 4.62. The molecule has 0 spiro atoms. The van der Waals surface area contributed by atoms with Crippen molar-refractivity contribution in [2.75, 3.05) is 5.73 Å². The summed E-state index contributed by atoms with van der Waals surface area (Å²) in [5.74, 6) is 0.220. The van der Waals surface area contributed by atoms with Gasteiger partial charge < -0.3 is 11.1 Å². The number of carbonyl (C=O) groups is 1. The second-order valence-electron chi connectivity index (χ2n) is 4.62. The van der Waals surface area contributed by atoms with E-state index in [1.165, 1.54) is 6.33 Å². The van der Waals surface area contributed by atoms with Crippen LogP contribution in [0.4, 0.5) is 5.82 Å². The number of pyridine rings is 1. The number of nitrogens with one attached hydrogen (secondary N) is 1. The molecule has 3 N–H and O–H groups in total. The Morgan fingerprint density at radius 2 is 1.95 bits per heavy atom. The van der Waals surface area contributed by atoms with Crippen molar-refractivity contribution in [1.82, 2.24) is 25.1 Å². The number of para-hydroxylation sites is 1. The molecular weight excluding hydrogens is 280 g/mol. The Hall–Kier alpha value is -3.22. The van der Waals surface area contributed by atoms with E-state index in [2.05, 4.69) is 20.4 Å². The number of anilines is 1. The molecule has 0 fully saturated rings. The molecular formula is C15H14N6O. The molecule has 110 valence electrons. The molecule has 0 aliphatic carbocycles. The van der Waals surface area contributed by atoms with Crippen LogP contribution >= 0.6 is 0 Å². The molecule has 2 aromatic heterocycles. The number of nitrogens with zero attached hydrogens (tertiary/aromatic N) is 4. The zero-order chi connectivity index (χ0) is 15.4. The number of amides is 1. The molecule has 3 rings (SSSR count). The monoisotopic (exact) mass is 294 g/mol. The minimum Gasteiger partial charge on any atom is -0.384 e. The number of benzene rings is 1. The summed E-state index contributed by atoms with van der Waals surface area (Å²) < 4.78 is 1.56. The van der Waals surface area contributed by atoms with Crippen LogP contribution < -0.4 is 11.1 Å². The van der Waals surface area contributed by atoms with Crippen LogP contribution in [-0.2, 0) is 6.54 Å². The van der Waals surface area contributed by atoms with Gasteiger partial charge in [0.2, 0.25) is 5.82 Å². The molecule has 7 nitrogen and oxygen atoms in total. The number of carbonyl (C=O) groups excluding carboxylic acids is 1. The van der Waals surface area contributed by atoms with Gasteiger partial charge in [0.15, 0.2) is 0 Å². The van der Waals surface area contributed by atoms with Crippen molar-refractivity contribution in [2.24, 2.45) is 0 Å². The van der Waals surface area contributed by atoms with Gasteiger partial charge in [-0.3, -0.25) is 4.79 Å². The Labute approximate surface area is 126 Å². The number of rotatable bonds is 4. The molecule has 0 saturated carbocycles. The lowest BCUT2D eigenvalue weighted by molar-refractivity contribution is 0.0940. The lowest BCUT2D eigenvalue weighted by Crippen LogP contribution is -2.24. The number of nitrogen functional groups attached to an aromatic ring is 1. The van der Waals surface area contributed by atoms with Crippen molar-refractivity contribution in [3.63, 3.8) is 0 Å². The molecule has 1 aromatic carbocycles. The lowest BCUT2D eigenvalue weighted by Gasteiger charge is -2.03. The minimum atomic E-state index is -0.341. The molecule has 3 aromatic rings. The normalized spacial score (nSPS) is 10.4. The van der Waals surface area contributed by atoms with Crippen LogP contribution in [0.5, 0.6) is 0 Å². The fourth-order valence-corrected chi connectivity index (χ4v) is 1.87. The molecule has 7 heteroatoms. The fraction of sp³-hybridized carbons (Fsp3) is 0.0667. The molecule has 0 bridgehead atoms. The SMILES string of the molecule is Nc1ccc(CNC(=O)c2ncn(-c3ccccc3)n2)cn1. The molecule has 0 aliphatic rings. The number of hydrogen-bond acceptors (Lipinski definition) is 5. The first kappa shape index (κ1) is 13.7. The number of hydrogen-bond donors (Lipinski definition) is 2. The highest BCUT2D eigenvalue weighted by Crippen LogP contribution is 2.05. The third kappa shape index (κ3) is 3.09. The first-order valence-corrected chi connectivity index (χ1v) is 6.68. The molecule has 0 unspecified atom stereocenters. The van der Waals surface area contributed by atoms with E-state index >= 15 is 0 Å². The van der Waals surface area contributed by atoms with Gasteiger partial charge in [-0.05, 0) is 23.8 Å². The van der Waals surface area contributed by atoms with Crippen molar-refractivity contribution < 1.29 is 4.79 Å². The van der Waals surface area contributed by atoms with Crippen molar-refractivity contribution in [1.29, 1.82) is 0 Å². The van der Waals surface area contributed by atoms with Crippen molar-refractivity contribution in [3.8, 4) is 5.69 Å². The average molecular weight is 294 g/mol. The van der Waals surface area contributed by atoms with Crippen LogP contribution in [0.3, 0.4) is 0 Å².